The quantitative estimate of drug-likeness (QED) is 0.449. The van der Waals surface area contributed by atoms with Crippen molar-refractivity contribution in [2.75, 3.05) is 18.9 Å². The topological polar surface area (TPSA) is 64.1 Å². The number of nitrogens with one attached hydrogen (secondary N) is 1. The summed E-state index contributed by atoms with van der Waals surface area (Å²) in [7, 11) is 0. The van der Waals surface area contributed by atoms with E-state index in [0.29, 0.717) is 12.4 Å². The lowest BCUT2D eigenvalue weighted by Gasteiger charge is -2.12. The van der Waals surface area contributed by atoms with Gasteiger partial charge in [0.1, 0.15) is 10.8 Å². The lowest BCUT2D eigenvalue weighted by atomic mass is 10.1. The van der Waals surface area contributed by atoms with E-state index in [1.54, 1.807) is 12.1 Å². The molecule has 5 nitrogen and oxygen atoms in total. The number of thioether (sulfide) groups is 1. The molecular weight excluding hydrogens is 401 g/mol. The van der Waals surface area contributed by atoms with Gasteiger partial charge in [0.25, 0.3) is 0 Å². The van der Waals surface area contributed by atoms with Crippen LogP contribution >= 0.6 is 11.8 Å². The predicted octanol–water partition coefficient (Wildman–Crippen LogP) is 4.39. The van der Waals surface area contributed by atoms with Crippen molar-refractivity contribution in [3.63, 3.8) is 0 Å². The van der Waals surface area contributed by atoms with Crippen LogP contribution in [0.2, 0.25) is 0 Å². The third-order valence-corrected chi connectivity index (χ3v) is 6.14. The number of hydrogen-bond acceptors (Lipinski definition) is 5. The van der Waals surface area contributed by atoms with E-state index in [2.05, 4.69) is 12.2 Å². The van der Waals surface area contributed by atoms with Crippen molar-refractivity contribution in [3.8, 4) is 11.4 Å². The largest absolute Gasteiger partial charge is 0.376 e. The van der Waals surface area contributed by atoms with Gasteiger partial charge in [0.15, 0.2) is 5.82 Å². The lowest BCUT2D eigenvalue weighted by Crippen LogP contribution is -2.32. The number of rotatable bonds is 7. The van der Waals surface area contributed by atoms with Crippen molar-refractivity contribution in [2.24, 2.45) is 0 Å². The smallest absolute Gasteiger partial charge is 0.230 e. The molecule has 1 amide bonds. The molecule has 1 fully saturated rings. The number of nitrogens with zero attached hydrogens (tertiary/aromatic N) is 2. The molecule has 0 unspecified atom stereocenters. The standard InChI is InChI=1S/C23H24FN3O2S/c1-2-15-5-3-7-19-21(15)26-22(16-8-10-17(24)11-9-16)27-23(19)30-14-20(28)25-13-18-6-4-12-29-18/h3,5,7-11,18H,2,4,6,12-14H2,1H3,(H,25,28)/t18-/m1/s1. The minimum absolute atomic E-state index is 0.0442. The Morgan fingerprint density at radius 2 is 2.07 bits per heavy atom. The number of benzene rings is 2. The predicted molar refractivity (Wildman–Crippen MR) is 117 cm³/mol. The number of aryl methyl sites for hydroxylation is 1. The van der Waals surface area contributed by atoms with E-state index < -0.39 is 0 Å². The molecule has 3 aromatic rings. The number of aromatic nitrogens is 2. The third kappa shape index (κ3) is 4.79. The Balaban J connectivity index is 1.58. The van der Waals surface area contributed by atoms with Gasteiger partial charge < -0.3 is 10.1 Å². The van der Waals surface area contributed by atoms with Gasteiger partial charge in [0.2, 0.25) is 5.91 Å². The Labute approximate surface area is 179 Å². The molecule has 7 heteroatoms. The zero-order valence-corrected chi connectivity index (χ0v) is 17.7. The molecule has 156 valence electrons. The van der Waals surface area contributed by atoms with Crippen LogP contribution in [0.1, 0.15) is 25.3 Å². The summed E-state index contributed by atoms with van der Waals surface area (Å²) in [5, 5.41) is 4.63. The number of para-hydroxylation sites is 1. The average molecular weight is 426 g/mol. The van der Waals surface area contributed by atoms with E-state index in [-0.39, 0.29) is 23.6 Å². The van der Waals surface area contributed by atoms with Crippen molar-refractivity contribution in [3.05, 3.63) is 53.8 Å². The van der Waals surface area contributed by atoms with Crippen LogP contribution < -0.4 is 5.32 Å². The van der Waals surface area contributed by atoms with Gasteiger partial charge in [-0.15, -0.1) is 0 Å². The second-order valence-electron chi connectivity index (χ2n) is 7.25. The zero-order valence-electron chi connectivity index (χ0n) is 16.9. The molecule has 1 aliphatic heterocycles. The van der Waals surface area contributed by atoms with Crippen molar-refractivity contribution >= 4 is 28.6 Å². The highest BCUT2D eigenvalue weighted by molar-refractivity contribution is 8.00. The summed E-state index contributed by atoms with van der Waals surface area (Å²) >= 11 is 1.39. The number of carbonyl (C=O) groups excluding carboxylic acids is 1. The molecule has 0 aliphatic carbocycles. The maximum absolute atomic E-state index is 13.3. The van der Waals surface area contributed by atoms with Crippen LogP contribution in [-0.2, 0) is 16.0 Å². The number of halogens is 1. The molecule has 1 aromatic heterocycles. The van der Waals surface area contributed by atoms with Crippen LogP contribution in [0.25, 0.3) is 22.3 Å². The van der Waals surface area contributed by atoms with Gasteiger partial charge in [-0.1, -0.05) is 36.9 Å². The van der Waals surface area contributed by atoms with Gasteiger partial charge in [-0.25, -0.2) is 14.4 Å². The van der Waals surface area contributed by atoms with E-state index in [1.165, 1.54) is 23.9 Å². The van der Waals surface area contributed by atoms with Crippen LogP contribution in [0.5, 0.6) is 0 Å². The molecular formula is C23H24FN3O2S. The monoisotopic (exact) mass is 425 g/mol. The normalized spacial score (nSPS) is 16.1. The molecule has 0 bridgehead atoms. The van der Waals surface area contributed by atoms with E-state index in [0.717, 1.165) is 52.9 Å². The highest BCUT2D eigenvalue weighted by atomic mass is 32.2. The number of ether oxygens (including phenoxy) is 1. The molecule has 2 heterocycles. The van der Waals surface area contributed by atoms with Crippen LogP contribution in [0.15, 0.2) is 47.5 Å². The summed E-state index contributed by atoms with van der Waals surface area (Å²) < 4.78 is 18.9. The van der Waals surface area contributed by atoms with Gasteiger partial charge in [0.05, 0.1) is 17.4 Å². The Morgan fingerprint density at radius 1 is 1.23 bits per heavy atom. The molecule has 0 radical (unpaired) electrons. The van der Waals surface area contributed by atoms with Crippen LogP contribution in [0.4, 0.5) is 4.39 Å². The van der Waals surface area contributed by atoms with Crippen LogP contribution in [0, 0.1) is 5.82 Å². The molecule has 0 spiro atoms. The third-order valence-electron chi connectivity index (χ3n) is 5.15. The molecule has 1 aliphatic rings. The van der Waals surface area contributed by atoms with Gasteiger partial charge in [-0.3, -0.25) is 4.79 Å². The first kappa shape index (κ1) is 20.8. The summed E-state index contributed by atoms with van der Waals surface area (Å²) in [4.78, 5) is 21.8. The van der Waals surface area contributed by atoms with Crippen LogP contribution in [0.3, 0.4) is 0 Å². The van der Waals surface area contributed by atoms with Crippen LogP contribution in [-0.4, -0.2) is 40.9 Å². The lowest BCUT2D eigenvalue weighted by molar-refractivity contribution is -0.119. The summed E-state index contributed by atoms with van der Waals surface area (Å²) in [6.45, 7) is 3.40. The molecule has 1 saturated heterocycles. The molecule has 1 atom stereocenters. The number of carbonyl (C=O) groups is 1. The Kier molecular flexibility index (Phi) is 6.59. The first-order valence-electron chi connectivity index (χ1n) is 10.2. The maximum atomic E-state index is 13.3. The number of amides is 1. The fourth-order valence-electron chi connectivity index (χ4n) is 3.52. The van der Waals surface area contributed by atoms with Gasteiger partial charge in [-0.05, 0) is 49.1 Å². The van der Waals surface area contributed by atoms with E-state index in [9.17, 15) is 9.18 Å². The van der Waals surface area contributed by atoms with Gasteiger partial charge in [-0.2, -0.15) is 0 Å². The first-order chi connectivity index (χ1) is 14.6. The van der Waals surface area contributed by atoms with Crippen molar-refractivity contribution in [2.45, 2.75) is 37.3 Å². The second kappa shape index (κ2) is 9.53. The summed E-state index contributed by atoms with van der Waals surface area (Å²) in [5.74, 6) is 0.451. The maximum Gasteiger partial charge on any atom is 0.230 e. The fourth-order valence-corrected chi connectivity index (χ4v) is 4.37. The molecule has 1 N–H and O–H groups in total. The van der Waals surface area contributed by atoms with E-state index in [1.807, 2.05) is 18.2 Å². The summed E-state index contributed by atoms with van der Waals surface area (Å²) in [6, 6.07) is 12.2. The van der Waals surface area contributed by atoms with Crippen molar-refractivity contribution in [1.29, 1.82) is 0 Å². The minimum Gasteiger partial charge on any atom is -0.376 e. The molecule has 4 rings (SSSR count). The second-order valence-corrected chi connectivity index (χ2v) is 8.22. The van der Waals surface area contributed by atoms with Crippen molar-refractivity contribution < 1.29 is 13.9 Å². The highest BCUT2D eigenvalue weighted by Crippen LogP contribution is 2.30. The van der Waals surface area contributed by atoms with Gasteiger partial charge in [0, 0.05) is 24.1 Å². The van der Waals surface area contributed by atoms with Gasteiger partial charge >= 0.3 is 0 Å². The SMILES string of the molecule is CCc1cccc2c(SCC(=O)NC[C@H]3CCCO3)nc(-c3ccc(F)cc3)nc12. The van der Waals surface area contributed by atoms with Crippen molar-refractivity contribution in [1.82, 2.24) is 15.3 Å². The Morgan fingerprint density at radius 3 is 2.80 bits per heavy atom. The number of fused-ring (bicyclic) bond motifs is 1. The average Bonchev–Trinajstić information content (AvgIpc) is 3.29. The molecule has 0 saturated carbocycles. The molecule has 30 heavy (non-hydrogen) atoms. The minimum atomic E-state index is -0.300. The van der Waals surface area contributed by atoms with E-state index >= 15 is 0 Å². The zero-order chi connectivity index (χ0) is 20.9. The summed E-state index contributed by atoms with van der Waals surface area (Å²) in [6.07, 6.45) is 3.00. The first-order valence-corrected chi connectivity index (χ1v) is 11.2. The Hall–Kier alpha value is -2.51. The summed E-state index contributed by atoms with van der Waals surface area (Å²) in [5.41, 5.74) is 2.73. The highest BCUT2D eigenvalue weighted by Gasteiger charge is 2.17. The fraction of sp³-hybridized carbons (Fsp3) is 0.348. The van der Waals surface area contributed by atoms with E-state index in [4.69, 9.17) is 14.7 Å². The Bertz CT molecular complexity index is 1040. The molecule has 2 aromatic carbocycles. The number of hydrogen-bond donors (Lipinski definition) is 1.